The summed E-state index contributed by atoms with van der Waals surface area (Å²) in [5, 5.41) is 20.5. The van der Waals surface area contributed by atoms with Gasteiger partial charge in [0.25, 0.3) is 0 Å². The molecule has 0 bridgehead atoms. The number of fused-ring (bicyclic) bond motifs is 1. The third kappa shape index (κ3) is 4.04. The van der Waals surface area contributed by atoms with Gasteiger partial charge in [0.05, 0.1) is 32.6 Å². The molecule has 1 saturated carbocycles. The van der Waals surface area contributed by atoms with Crippen molar-refractivity contribution in [3.8, 4) is 17.6 Å². The third-order valence-corrected chi connectivity index (χ3v) is 7.01. The van der Waals surface area contributed by atoms with Crippen molar-refractivity contribution in [1.29, 1.82) is 5.26 Å². The quantitative estimate of drug-likeness (QED) is 0.387. The number of aromatic nitrogens is 6. The average Bonchev–Trinajstić information content (AvgIpc) is 3.36. The number of nitrogens with one attached hydrogen (secondary N) is 2. The monoisotopic (exact) mass is 515 g/mol. The molecule has 6 rings (SSSR count). The lowest BCUT2D eigenvalue weighted by atomic mass is 9.64. The van der Waals surface area contributed by atoms with Gasteiger partial charge >= 0.3 is 6.09 Å². The second-order valence-electron chi connectivity index (χ2n) is 9.67. The first kappa shape index (κ1) is 23.7. The zero-order chi connectivity index (χ0) is 26.4. The van der Waals surface area contributed by atoms with Crippen LogP contribution in [0.2, 0.25) is 0 Å². The number of rotatable bonds is 6. The maximum Gasteiger partial charge on any atom is 0.412 e. The molecule has 1 saturated heterocycles. The number of aryl methyl sites for hydroxylation is 2. The lowest BCUT2D eigenvalue weighted by Gasteiger charge is -2.53. The van der Waals surface area contributed by atoms with E-state index in [1.807, 2.05) is 13.0 Å². The van der Waals surface area contributed by atoms with Crippen molar-refractivity contribution in [3.05, 3.63) is 41.9 Å². The zero-order valence-electron chi connectivity index (χ0n) is 21.1. The van der Waals surface area contributed by atoms with Crippen molar-refractivity contribution in [1.82, 2.24) is 29.3 Å². The molecule has 1 amide bonds. The Hall–Kier alpha value is -4.70. The van der Waals surface area contributed by atoms with Crippen molar-refractivity contribution in [2.24, 2.45) is 12.5 Å². The molecule has 194 valence electrons. The van der Waals surface area contributed by atoms with Gasteiger partial charge in [-0.05, 0) is 25.8 Å². The van der Waals surface area contributed by atoms with Crippen molar-refractivity contribution < 1.29 is 19.0 Å². The molecular weight excluding hydrogens is 490 g/mol. The van der Waals surface area contributed by atoms with E-state index in [0.29, 0.717) is 40.1 Å². The van der Waals surface area contributed by atoms with Crippen LogP contribution in [0.25, 0.3) is 11.2 Å². The van der Waals surface area contributed by atoms with E-state index in [0.717, 1.165) is 31.7 Å². The molecule has 5 heterocycles. The van der Waals surface area contributed by atoms with Crippen LogP contribution in [0, 0.1) is 23.7 Å². The van der Waals surface area contributed by atoms with Crippen LogP contribution in [0.15, 0.2) is 30.6 Å². The lowest BCUT2D eigenvalue weighted by molar-refractivity contribution is -0.176. The molecule has 2 aliphatic rings. The van der Waals surface area contributed by atoms with Crippen LogP contribution < -0.4 is 15.4 Å². The van der Waals surface area contributed by atoms with Gasteiger partial charge in [0, 0.05) is 36.5 Å². The first-order valence-electron chi connectivity index (χ1n) is 12.0. The first-order valence-corrected chi connectivity index (χ1v) is 12.0. The predicted molar refractivity (Wildman–Crippen MR) is 135 cm³/mol. The minimum absolute atomic E-state index is 0.238. The Morgan fingerprint density at radius 3 is 2.79 bits per heavy atom. The van der Waals surface area contributed by atoms with Gasteiger partial charge < -0.3 is 24.1 Å². The molecule has 0 atom stereocenters. The summed E-state index contributed by atoms with van der Waals surface area (Å²) >= 11 is 0. The number of pyridine rings is 2. The average molecular weight is 516 g/mol. The van der Waals surface area contributed by atoms with Gasteiger partial charge in [-0.3, -0.25) is 10.00 Å². The van der Waals surface area contributed by atoms with Gasteiger partial charge in [0.2, 0.25) is 5.95 Å². The molecule has 2 N–H and O–H groups in total. The van der Waals surface area contributed by atoms with Crippen molar-refractivity contribution >= 4 is 34.8 Å². The van der Waals surface area contributed by atoms with E-state index in [1.165, 1.54) is 25.6 Å². The molecule has 0 radical (unpaired) electrons. The Morgan fingerprint density at radius 2 is 2.08 bits per heavy atom. The number of methoxy groups -OCH3 is 1. The number of nitriles is 1. The summed E-state index contributed by atoms with van der Waals surface area (Å²) in [7, 11) is 3.05. The lowest BCUT2D eigenvalue weighted by Crippen LogP contribution is -2.52. The Balaban J connectivity index is 1.25. The van der Waals surface area contributed by atoms with Crippen molar-refractivity contribution in [2.45, 2.75) is 25.8 Å². The molecule has 0 aromatic carbocycles. The Kier molecular flexibility index (Phi) is 5.61. The molecule has 1 aliphatic carbocycles. The smallest absolute Gasteiger partial charge is 0.412 e. The first-order chi connectivity index (χ1) is 18.4. The molecule has 13 nitrogen and oxygen atoms in total. The van der Waals surface area contributed by atoms with Gasteiger partial charge in [-0.15, -0.1) is 0 Å². The summed E-state index contributed by atoms with van der Waals surface area (Å²) in [5.74, 6) is 2.00. The summed E-state index contributed by atoms with van der Waals surface area (Å²) in [6, 6.07) is 7.68. The topological polar surface area (TPSA) is 154 Å². The third-order valence-electron chi connectivity index (χ3n) is 7.01. The van der Waals surface area contributed by atoms with Gasteiger partial charge in [-0.2, -0.15) is 15.3 Å². The maximum absolute atomic E-state index is 11.5. The van der Waals surface area contributed by atoms with Gasteiger partial charge in [0.15, 0.2) is 17.2 Å². The number of hydrogen-bond acceptors (Lipinski definition) is 10. The Bertz CT molecular complexity index is 1590. The van der Waals surface area contributed by atoms with E-state index >= 15 is 0 Å². The SMILES string of the molecule is COC(=O)Nc1cc(Oc2cnc3nc(Nc4cc(C)n(C5CC6(COC6)C5)n4)n(C)c3c2C#N)ccn1. The van der Waals surface area contributed by atoms with E-state index in [4.69, 9.17) is 14.6 Å². The molecule has 2 fully saturated rings. The highest BCUT2D eigenvalue weighted by atomic mass is 16.5. The number of carbonyl (C=O) groups is 1. The zero-order valence-corrected chi connectivity index (χ0v) is 21.1. The second kappa shape index (κ2) is 9.00. The van der Waals surface area contributed by atoms with Crippen LogP contribution in [0.5, 0.6) is 11.5 Å². The fourth-order valence-electron chi connectivity index (χ4n) is 5.05. The Labute approximate surface area is 217 Å². The maximum atomic E-state index is 11.5. The number of ether oxygens (including phenoxy) is 3. The summed E-state index contributed by atoms with van der Waals surface area (Å²) in [4.78, 5) is 24.5. The van der Waals surface area contributed by atoms with E-state index in [-0.39, 0.29) is 17.1 Å². The van der Waals surface area contributed by atoms with Crippen LogP contribution >= 0.6 is 0 Å². The second-order valence-corrected chi connectivity index (χ2v) is 9.67. The Morgan fingerprint density at radius 1 is 1.26 bits per heavy atom. The largest absolute Gasteiger partial charge is 0.454 e. The normalized spacial score (nSPS) is 15.9. The minimum atomic E-state index is -0.657. The number of carbonyl (C=O) groups excluding carboxylic acids is 1. The summed E-state index contributed by atoms with van der Waals surface area (Å²) in [6.45, 7) is 3.74. The fraction of sp³-hybridized carbons (Fsp3) is 0.360. The van der Waals surface area contributed by atoms with Crippen LogP contribution in [0.3, 0.4) is 0 Å². The highest BCUT2D eigenvalue weighted by Gasteiger charge is 2.51. The molecule has 0 unspecified atom stereocenters. The molecule has 4 aromatic rings. The standard InChI is InChI=1S/C25H25N9O4/c1-14-6-20(32-34(14)15-8-25(9-15)12-37-13-25)29-23-31-22-21(33(23)2)17(10-26)18(11-28-22)38-16-4-5-27-19(7-16)30-24(35)36-3/h4-7,11,15H,8-9,12-13H2,1-3H3,(H,27,30,35)(H,28,29,31,32). The minimum Gasteiger partial charge on any atom is -0.454 e. The number of hydrogen-bond donors (Lipinski definition) is 2. The molecule has 38 heavy (non-hydrogen) atoms. The number of amides is 1. The van der Waals surface area contributed by atoms with Crippen molar-refractivity contribution in [3.63, 3.8) is 0 Å². The van der Waals surface area contributed by atoms with Gasteiger partial charge in [-0.1, -0.05) is 0 Å². The van der Waals surface area contributed by atoms with Crippen LogP contribution in [-0.2, 0) is 16.5 Å². The van der Waals surface area contributed by atoms with Crippen LogP contribution in [0.4, 0.5) is 22.4 Å². The summed E-state index contributed by atoms with van der Waals surface area (Å²) in [6.07, 6.45) is 4.42. The van der Waals surface area contributed by atoms with Crippen LogP contribution in [-0.4, -0.2) is 55.7 Å². The summed E-state index contributed by atoms with van der Waals surface area (Å²) < 4.78 is 19.7. The molecular formula is C25H25N9O4. The van der Waals surface area contributed by atoms with E-state index in [1.54, 1.807) is 17.7 Å². The number of imidazole rings is 1. The number of nitrogens with zero attached hydrogens (tertiary/aromatic N) is 7. The van der Waals surface area contributed by atoms with E-state index in [9.17, 15) is 10.1 Å². The predicted octanol–water partition coefficient (Wildman–Crippen LogP) is 3.81. The van der Waals surface area contributed by atoms with Crippen LogP contribution in [0.1, 0.15) is 30.1 Å². The van der Waals surface area contributed by atoms with E-state index < -0.39 is 6.09 Å². The highest BCUT2D eigenvalue weighted by Crippen LogP contribution is 2.53. The van der Waals surface area contributed by atoms with E-state index in [2.05, 4.69) is 41.1 Å². The summed E-state index contributed by atoms with van der Waals surface area (Å²) in [5.41, 5.74) is 2.58. The van der Waals surface area contributed by atoms with Crippen molar-refractivity contribution in [2.75, 3.05) is 31.0 Å². The highest BCUT2D eigenvalue weighted by molar-refractivity contribution is 5.85. The number of anilines is 3. The molecule has 1 aliphatic heterocycles. The molecule has 1 spiro atoms. The molecule has 13 heteroatoms. The van der Waals surface area contributed by atoms with Gasteiger partial charge in [0.1, 0.15) is 28.7 Å². The fourth-order valence-corrected chi connectivity index (χ4v) is 5.05. The molecule has 4 aromatic heterocycles. The van der Waals surface area contributed by atoms with Gasteiger partial charge in [-0.25, -0.2) is 14.8 Å².